The van der Waals surface area contributed by atoms with E-state index in [1.807, 2.05) is 12.4 Å². The van der Waals surface area contributed by atoms with E-state index in [-0.39, 0.29) is 0 Å². The lowest BCUT2D eigenvalue weighted by molar-refractivity contribution is 1.05. The Balaban J connectivity index is 1.15. The second-order valence-corrected chi connectivity index (χ2v) is 11.5. The lowest BCUT2D eigenvalue weighted by Gasteiger charge is -2.14. The van der Waals surface area contributed by atoms with Crippen molar-refractivity contribution in [3.8, 4) is 39.1 Å². The number of hydrogen-bond donors (Lipinski definition) is 0. The molecule has 2 heterocycles. The predicted octanol–water partition coefficient (Wildman–Crippen LogP) is 10.9. The number of para-hydroxylation sites is 1. The van der Waals surface area contributed by atoms with Crippen LogP contribution in [0.5, 0.6) is 0 Å². The number of hydrogen-bond acceptors (Lipinski definition) is 2. The summed E-state index contributed by atoms with van der Waals surface area (Å²) in [6, 6.07) is 54.5. The van der Waals surface area contributed by atoms with E-state index in [0.717, 1.165) is 27.6 Å². The molecule has 3 heteroatoms. The fraction of sp³-hybridized carbons (Fsp3) is 0. The first kappa shape index (κ1) is 25.4. The van der Waals surface area contributed by atoms with Gasteiger partial charge >= 0.3 is 0 Å². The molecule has 3 nitrogen and oxygen atoms in total. The van der Waals surface area contributed by atoms with Crippen LogP contribution in [-0.4, -0.2) is 14.8 Å². The molecule has 0 spiro atoms. The molecule has 0 N–H and O–H groups in total. The highest BCUT2D eigenvalue weighted by atomic mass is 15.1. The van der Waals surface area contributed by atoms with Crippen molar-refractivity contribution in [2.75, 3.05) is 0 Å². The van der Waals surface area contributed by atoms with E-state index in [1.165, 1.54) is 54.8 Å². The highest BCUT2D eigenvalue weighted by molar-refractivity contribution is 6.15. The zero-order valence-electron chi connectivity index (χ0n) is 24.4. The molecule has 0 atom stereocenters. The van der Waals surface area contributed by atoms with Gasteiger partial charge in [0.2, 0.25) is 0 Å². The fourth-order valence-corrected chi connectivity index (χ4v) is 6.77. The van der Waals surface area contributed by atoms with Crippen LogP contribution in [0.3, 0.4) is 0 Å². The van der Waals surface area contributed by atoms with Gasteiger partial charge in [0, 0.05) is 21.5 Å². The molecule has 0 aliphatic rings. The third-order valence-corrected chi connectivity index (χ3v) is 9.01. The maximum absolute atomic E-state index is 4.35. The number of rotatable bonds is 4. The average Bonchev–Trinajstić information content (AvgIpc) is 3.43. The summed E-state index contributed by atoms with van der Waals surface area (Å²) in [6.45, 7) is 0. The van der Waals surface area contributed by atoms with Crippen LogP contribution in [0.1, 0.15) is 0 Å². The van der Waals surface area contributed by atoms with Gasteiger partial charge in [-0.15, -0.1) is 0 Å². The van der Waals surface area contributed by atoms with Crippen LogP contribution < -0.4 is 0 Å². The third kappa shape index (κ3) is 4.21. The average molecular weight is 574 g/mol. The maximum Gasteiger partial charge on any atom is 0.0596 e. The Hall–Kier alpha value is -6.06. The maximum atomic E-state index is 4.35. The lowest BCUT2D eigenvalue weighted by Crippen LogP contribution is -1.97. The van der Waals surface area contributed by atoms with Crippen LogP contribution in [0.4, 0.5) is 0 Å². The van der Waals surface area contributed by atoms with Gasteiger partial charge < -0.3 is 4.57 Å². The van der Waals surface area contributed by atoms with Gasteiger partial charge in [-0.25, -0.2) is 0 Å². The Bertz CT molecular complexity index is 2510. The summed E-state index contributed by atoms with van der Waals surface area (Å²) in [5.74, 6) is 0. The molecule has 9 aromatic rings. The Morgan fingerprint density at radius 2 is 0.911 bits per heavy atom. The summed E-state index contributed by atoms with van der Waals surface area (Å²) in [4.78, 5) is 0. The summed E-state index contributed by atoms with van der Waals surface area (Å²) in [5.41, 5.74) is 10.6. The number of nitrogens with zero attached hydrogens (tertiary/aromatic N) is 3. The molecule has 7 aromatic carbocycles. The Morgan fingerprint density at radius 1 is 0.356 bits per heavy atom. The summed E-state index contributed by atoms with van der Waals surface area (Å²) in [5, 5.41) is 15.8. The highest BCUT2D eigenvalue weighted by Gasteiger charge is 2.17. The van der Waals surface area contributed by atoms with Crippen molar-refractivity contribution >= 4 is 43.4 Å². The van der Waals surface area contributed by atoms with Crippen molar-refractivity contribution in [2.24, 2.45) is 0 Å². The van der Waals surface area contributed by atoms with E-state index >= 15 is 0 Å². The van der Waals surface area contributed by atoms with Crippen LogP contribution in [0, 0.1) is 0 Å². The van der Waals surface area contributed by atoms with E-state index in [4.69, 9.17) is 0 Å². The minimum Gasteiger partial charge on any atom is -0.309 e. The smallest absolute Gasteiger partial charge is 0.0596 e. The molecule has 0 saturated heterocycles. The summed E-state index contributed by atoms with van der Waals surface area (Å²) in [7, 11) is 0. The van der Waals surface area contributed by atoms with Gasteiger partial charge in [-0.05, 0) is 68.4 Å². The van der Waals surface area contributed by atoms with Gasteiger partial charge in [0.1, 0.15) is 0 Å². The van der Waals surface area contributed by atoms with Crippen LogP contribution >= 0.6 is 0 Å². The fourth-order valence-electron chi connectivity index (χ4n) is 6.77. The van der Waals surface area contributed by atoms with Gasteiger partial charge in [-0.2, -0.15) is 10.2 Å². The number of fused-ring (bicyclic) bond motifs is 5. The van der Waals surface area contributed by atoms with Crippen molar-refractivity contribution in [1.82, 2.24) is 14.8 Å². The van der Waals surface area contributed by atoms with Crippen molar-refractivity contribution in [2.45, 2.75) is 0 Å². The van der Waals surface area contributed by atoms with E-state index in [1.54, 1.807) is 0 Å². The molecule has 0 unspecified atom stereocenters. The zero-order valence-corrected chi connectivity index (χ0v) is 24.4. The van der Waals surface area contributed by atoms with Gasteiger partial charge in [0.15, 0.2) is 0 Å². The van der Waals surface area contributed by atoms with E-state index in [2.05, 4.69) is 166 Å². The molecule has 0 amide bonds. The van der Waals surface area contributed by atoms with Crippen LogP contribution in [-0.2, 0) is 0 Å². The first-order chi connectivity index (χ1) is 22.3. The molecular formula is C42H27N3. The highest BCUT2D eigenvalue weighted by Crippen LogP contribution is 2.39. The van der Waals surface area contributed by atoms with Crippen molar-refractivity contribution in [3.05, 3.63) is 164 Å². The normalized spacial score (nSPS) is 11.6. The summed E-state index contributed by atoms with van der Waals surface area (Å²) in [6.07, 6.45) is 3.80. The molecule has 2 aromatic heterocycles. The second kappa shape index (κ2) is 10.3. The van der Waals surface area contributed by atoms with Gasteiger partial charge in [-0.3, -0.25) is 0 Å². The largest absolute Gasteiger partial charge is 0.309 e. The third-order valence-electron chi connectivity index (χ3n) is 9.01. The SMILES string of the molecule is c1ccc(-c2ccc(-c3ccc(-c4ccc(-n5c6ccccc6c6cc7ccccc7cc65)c5cnncc45)cc3)cc2)cc1. The van der Waals surface area contributed by atoms with E-state index in [9.17, 15) is 0 Å². The summed E-state index contributed by atoms with van der Waals surface area (Å²) >= 11 is 0. The Labute approximate surface area is 260 Å². The van der Waals surface area contributed by atoms with Crippen LogP contribution in [0.15, 0.2) is 164 Å². The van der Waals surface area contributed by atoms with Gasteiger partial charge in [0.25, 0.3) is 0 Å². The van der Waals surface area contributed by atoms with E-state index in [0.29, 0.717) is 0 Å². The zero-order chi connectivity index (χ0) is 29.7. The van der Waals surface area contributed by atoms with Gasteiger partial charge in [0.05, 0.1) is 29.1 Å². The molecule has 0 aliphatic carbocycles. The molecule has 0 saturated carbocycles. The number of aromatic nitrogens is 3. The van der Waals surface area contributed by atoms with Crippen LogP contribution in [0.25, 0.3) is 82.4 Å². The molecular weight excluding hydrogens is 546 g/mol. The molecule has 0 fully saturated rings. The van der Waals surface area contributed by atoms with E-state index < -0.39 is 0 Å². The van der Waals surface area contributed by atoms with Gasteiger partial charge in [-0.1, -0.05) is 127 Å². The Morgan fingerprint density at radius 3 is 1.62 bits per heavy atom. The minimum atomic E-state index is 1.07. The molecule has 0 aliphatic heterocycles. The first-order valence-corrected chi connectivity index (χ1v) is 15.2. The second-order valence-electron chi connectivity index (χ2n) is 11.5. The van der Waals surface area contributed by atoms with Crippen molar-refractivity contribution in [1.29, 1.82) is 0 Å². The lowest BCUT2D eigenvalue weighted by atomic mass is 9.96. The quantitative estimate of drug-likeness (QED) is 0.210. The van der Waals surface area contributed by atoms with Crippen molar-refractivity contribution < 1.29 is 0 Å². The minimum absolute atomic E-state index is 1.07. The Kier molecular flexibility index (Phi) is 5.82. The molecule has 9 rings (SSSR count). The molecule has 45 heavy (non-hydrogen) atoms. The van der Waals surface area contributed by atoms with Crippen LogP contribution in [0.2, 0.25) is 0 Å². The molecule has 210 valence electrons. The predicted molar refractivity (Wildman–Crippen MR) is 188 cm³/mol. The summed E-state index contributed by atoms with van der Waals surface area (Å²) < 4.78 is 2.38. The molecule has 0 radical (unpaired) electrons. The molecule has 0 bridgehead atoms. The first-order valence-electron chi connectivity index (χ1n) is 15.2. The van der Waals surface area contributed by atoms with Crippen molar-refractivity contribution in [3.63, 3.8) is 0 Å². The monoisotopic (exact) mass is 573 g/mol. The standard InChI is InChI=1S/C42H27N3/c1-2-8-28(9-3-1)29-14-16-30(17-15-29)31-18-20-32(21-19-31)35-22-23-41(39-27-44-43-26-38(35)39)45-40-13-7-6-12-36(40)37-24-33-10-4-5-11-34(33)25-42(37)45/h1-27H. The number of benzene rings is 7. The topological polar surface area (TPSA) is 30.7 Å².